The summed E-state index contributed by atoms with van der Waals surface area (Å²) in [5.41, 5.74) is 1.93. The molecule has 0 aromatic heterocycles. The van der Waals surface area contributed by atoms with E-state index in [0.29, 0.717) is 13.0 Å². The van der Waals surface area contributed by atoms with Crippen molar-refractivity contribution < 1.29 is 14.7 Å². The number of carbonyl (C=O) groups excluding carboxylic acids is 1. The molecule has 20 heavy (non-hydrogen) atoms. The molecular weight excluding hydrogens is 256 g/mol. The Hall–Kier alpha value is -2.04. The molecule has 1 aromatic carbocycles. The zero-order valence-electron chi connectivity index (χ0n) is 12.1. The summed E-state index contributed by atoms with van der Waals surface area (Å²) >= 11 is 0. The van der Waals surface area contributed by atoms with E-state index >= 15 is 0 Å². The molecule has 0 heterocycles. The third kappa shape index (κ3) is 5.30. The van der Waals surface area contributed by atoms with Gasteiger partial charge in [0.05, 0.1) is 0 Å². The number of para-hydroxylation sites is 1. The van der Waals surface area contributed by atoms with Crippen LogP contribution in [-0.4, -0.2) is 30.7 Å². The molecule has 0 aliphatic rings. The molecule has 0 aliphatic heterocycles. The number of urea groups is 1. The molecule has 0 bridgehead atoms. The maximum Gasteiger partial charge on any atom is 0.321 e. The zero-order valence-corrected chi connectivity index (χ0v) is 12.1. The minimum Gasteiger partial charge on any atom is -0.481 e. The van der Waals surface area contributed by atoms with Crippen LogP contribution < -0.4 is 10.2 Å². The summed E-state index contributed by atoms with van der Waals surface area (Å²) in [6.45, 7) is 2.53. The van der Waals surface area contributed by atoms with Gasteiger partial charge >= 0.3 is 12.0 Å². The smallest absolute Gasteiger partial charge is 0.321 e. The van der Waals surface area contributed by atoms with Crippen molar-refractivity contribution in [2.45, 2.75) is 32.6 Å². The highest BCUT2D eigenvalue weighted by molar-refractivity contribution is 5.92. The van der Waals surface area contributed by atoms with E-state index in [0.717, 1.165) is 24.1 Å². The minimum absolute atomic E-state index is 0.141. The quantitative estimate of drug-likeness (QED) is 0.753. The number of nitrogens with zero attached hydrogens (tertiary/aromatic N) is 1. The monoisotopic (exact) mass is 278 g/mol. The number of rotatable bonds is 7. The van der Waals surface area contributed by atoms with Crippen LogP contribution in [0.15, 0.2) is 24.3 Å². The van der Waals surface area contributed by atoms with Gasteiger partial charge in [0, 0.05) is 25.7 Å². The van der Waals surface area contributed by atoms with Gasteiger partial charge in [0.1, 0.15) is 0 Å². The first-order valence-corrected chi connectivity index (χ1v) is 6.81. The summed E-state index contributed by atoms with van der Waals surface area (Å²) in [4.78, 5) is 23.9. The first-order valence-electron chi connectivity index (χ1n) is 6.81. The van der Waals surface area contributed by atoms with Crippen molar-refractivity contribution in [1.29, 1.82) is 0 Å². The molecule has 0 unspecified atom stereocenters. The number of anilines is 1. The predicted molar refractivity (Wildman–Crippen MR) is 79.1 cm³/mol. The third-order valence-corrected chi connectivity index (χ3v) is 3.13. The normalized spacial score (nSPS) is 10.1. The average molecular weight is 278 g/mol. The van der Waals surface area contributed by atoms with Gasteiger partial charge in [-0.05, 0) is 31.4 Å². The molecule has 1 aromatic rings. The number of unbranched alkanes of at least 4 members (excludes halogenated alkanes) is 2. The molecular formula is C15H22N2O3. The first-order chi connectivity index (χ1) is 9.52. The number of nitrogens with one attached hydrogen (secondary N) is 1. The molecule has 5 heteroatoms. The number of amides is 2. The number of carboxylic acid groups (broad SMARTS) is 1. The van der Waals surface area contributed by atoms with Crippen LogP contribution in [0.1, 0.15) is 31.2 Å². The highest BCUT2D eigenvalue weighted by atomic mass is 16.4. The number of aryl methyl sites for hydroxylation is 1. The van der Waals surface area contributed by atoms with E-state index in [4.69, 9.17) is 5.11 Å². The maximum absolute atomic E-state index is 12.0. The van der Waals surface area contributed by atoms with Crippen LogP contribution in [0.3, 0.4) is 0 Å². The van der Waals surface area contributed by atoms with E-state index < -0.39 is 5.97 Å². The van der Waals surface area contributed by atoms with E-state index in [9.17, 15) is 9.59 Å². The number of benzene rings is 1. The fraction of sp³-hybridized carbons (Fsp3) is 0.467. The molecule has 0 atom stereocenters. The lowest BCUT2D eigenvalue weighted by atomic mass is 10.2. The highest BCUT2D eigenvalue weighted by Crippen LogP contribution is 2.17. The third-order valence-electron chi connectivity index (χ3n) is 3.13. The van der Waals surface area contributed by atoms with Crippen LogP contribution in [-0.2, 0) is 4.79 Å². The molecule has 0 saturated carbocycles. The Morgan fingerprint density at radius 3 is 2.55 bits per heavy atom. The fourth-order valence-electron chi connectivity index (χ4n) is 1.94. The van der Waals surface area contributed by atoms with E-state index in [1.807, 2.05) is 31.2 Å². The van der Waals surface area contributed by atoms with Gasteiger partial charge in [-0.25, -0.2) is 4.79 Å². The summed E-state index contributed by atoms with van der Waals surface area (Å²) in [7, 11) is 1.74. The second-order valence-electron chi connectivity index (χ2n) is 4.78. The molecule has 1 rings (SSSR count). The number of aliphatic carboxylic acids is 1. The number of carbonyl (C=O) groups is 2. The standard InChI is InChI=1S/C15H22N2O3/c1-12-8-5-6-9-13(12)17(2)15(20)16-11-7-3-4-10-14(18)19/h5-6,8-9H,3-4,7,10-11H2,1-2H3,(H,16,20)(H,18,19). The summed E-state index contributed by atoms with van der Waals surface area (Å²) in [6.07, 6.45) is 2.44. The summed E-state index contributed by atoms with van der Waals surface area (Å²) in [5.74, 6) is -0.770. The van der Waals surface area contributed by atoms with Crippen LogP contribution in [0.5, 0.6) is 0 Å². The maximum atomic E-state index is 12.0. The van der Waals surface area contributed by atoms with E-state index in [1.165, 1.54) is 0 Å². The number of hydrogen-bond donors (Lipinski definition) is 2. The van der Waals surface area contributed by atoms with Gasteiger partial charge in [0.25, 0.3) is 0 Å². The van der Waals surface area contributed by atoms with E-state index in [1.54, 1.807) is 11.9 Å². The molecule has 5 nitrogen and oxygen atoms in total. The molecule has 0 saturated heterocycles. The SMILES string of the molecule is Cc1ccccc1N(C)C(=O)NCCCCCC(=O)O. The summed E-state index contributed by atoms with van der Waals surface area (Å²) < 4.78 is 0. The van der Waals surface area contributed by atoms with Gasteiger partial charge in [0.2, 0.25) is 0 Å². The lowest BCUT2D eigenvalue weighted by molar-refractivity contribution is -0.137. The average Bonchev–Trinajstić information content (AvgIpc) is 2.42. The van der Waals surface area contributed by atoms with Crippen molar-refractivity contribution in [2.24, 2.45) is 0 Å². The van der Waals surface area contributed by atoms with Gasteiger partial charge in [-0.1, -0.05) is 24.6 Å². The van der Waals surface area contributed by atoms with Gasteiger partial charge in [-0.2, -0.15) is 0 Å². The van der Waals surface area contributed by atoms with Crippen LogP contribution >= 0.6 is 0 Å². The lowest BCUT2D eigenvalue weighted by Gasteiger charge is -2.20. The Morgan fingerprint density at radius 2 is 1.90 bits per heavy atom. The van der Waals surface area contributed by atoms with E-state index in [-0.39, 0.29) is 12.5 Å². The zero-order chi connectivity index (χ0) is 15.0. The molecule has 0 fully saturated rings. The Bertz CT molecular complexity index is 460. The van der Waals surface area contributed by atoms with Gasteiger partial charge in [-0.15, -0.1) is 0 Å². The second-order valence-corrected chi connectivity index (χ2v) is 4.78. The van der Waals surface area contributed by atoms with Gasteiger partial charge in [-0.3, -0.25) is 9.69 Å². The van der Waals surface area contributed by atoms with Crippen molar-refractivity contribution in [3.05, 3.63) is 29.8 Å². The Labute approximate surface area is 119 Å². The first kappa shape index (κ1) is 16.0. The highest BCUT2D eigenvalue weighted by Gasteiger charge is 2.11. The molecule has 2 N–H and O–H groups in total. The van der Waals surface area contributed by atoms with Crippen molar-refractivity contribution >= 4 is 17.7 Å². The van der Waals surface area contributed by atoms with Crippen molar-refractivity contribution in [3.8, 4) is 0 Å². The second kappa shape index (κ2) is 8.19. The molecule has 0 spiro atoms. The largest absolute Gasteiger partial charge is 0.481 e. The molecule has 110 valence electrons. The Kier molecular flexibility index (Phi) is 6.56. The summed E-state index contributed by atoms with van der Waals surface area (Å²) in [6, 6.07) is 7.57. The number of hydrogen-bond acceptors (Lipinski definition) is 2. The van der Waals surface area contributed by atoms with Crippen LogP contribution in [0.25, 0.3) is 0 Å². The van der Waals surface area contributed by atoms with Crippen molar-refractivity contribution in [2.75, 3.05) is 18.5 Å². The lowest BCUT2D eigenvalue weighted by Crippen LogP contribution is -2.38. The summed E-state index contributed by atoms with van der Waals surface area (Å²) in [5, 5.41) is 11.3. The fourth-order valence-corrected chi connectivity index (χ4v) is 1.94. The van der Waals surface area contributed by atoms with Crippen LogP contribution in [0, 0.1) is 6.92 Å². The predicted octanol–water partition coefficient (Wildman–Crippen LogP) is 2.79. The molecule has 0 aliphatic carbocycles. The van der Waals surface area contributed by atoms with Crippen LogP contribution in [0.4, 0.5) is 10.5 Å². The van der Waals surface area contributed by atoms with Crippen LogP contribution in [0.2, 0.25) is 0 Å². The van der Waals surface area contributed by atoms with Gasteiger partial charge < -0.3 is 10.4 Å². The minimum atomic E-state index is -0.770. The van der Waals surface area contributed by atoms with Crippen molar-refractivity contribution in [1.82, 2.24) is 5.32 Å². The van der Waals surface area contributed by atoms with Crippen molar-refractivity contribution in [3.63, 3.8) is 0 Å². The number of carboxylic acids is 1. The topological polar surface area (TPSA) is 69.6 Å². The molecule has 0 radical (unpaired) electrons. The Balaban J connectivity index is 2.29. The van der Waals surface area contributed by atoms with E-state index in [2.05, 4.69) is 5.32 Å². The molecule has 2 amide bonds. The van der Waals surface area contributed by atoms with Gasteiger partial charge in [0.15, 0.2) is 0 Å². The Morgan fingerprint density at radius 1 is 1.20 bits per heavy atom.